The van der Waals surface area contributed by atoms with Gasteiger partial charge in [0.1, 0.15) is 65.8 Å². The third kappa shape index (κ3) is 15.4. The van der Waals surface area contributed by atoms with Crippen molar-refractivity contribution in [3.05, 3.63) is 23.3 Å². The normalized spacial score (nSPS) is 48.6. The van der Waals surface area contributed by atoms with Crippen LogP contribution in [-0.4, -0.2) is 257 Å². The molecule has 6 aliphatic heterocycles. The monoisotopic (exact) mass is 1760 g/mol. The van der Waals surface area contributed by atoms with Crippen molar-refractivity contribution in [2.75, 3.05) is 0 Å². The Morgan fingerprint density at radius 2 is 0.774 bits per heavy atom. The van der Waals surface area contributed by atoms with Crippen molar-refractivity contribution in [2.45, 2.75) is 390 Å². The molecule has 14 aliphatic rings. The average molecular weight is 1760 g/mol. The Bertz CT molecular complexity index is 4140. The zero-order valence-corrected chi connectivity index (χ0v) is 76.4. The lowest BCUT2D eigenvalue weighted by atomic mass is 9.71. The minimum Gasteiger partial charge on any atom is -0.459 e. The predicted molar refractivity (Wildman–Crippen MR) is 429 cm³/mol. The molecule has 0 radical (unpaired) electrons. The average Bonchev–Trinajstić information content (AvgIpc) is 1.58. The van der Waals surface area contributed by atoms with Crippen LogP contribution in [0.5, 0.6) is 0 Å². The largest absolute Gasteiger partial charge is 0.459 e. The van der Waals surface area contributed by atoms with E-state index in [4.69, 9.17) is 66.3 Å². The van der Waals surface area contributed by atoms with Crippen LogP contribution in [0.2, 0.25) is 0 Å². The second kappa shape index (κ2) is 32.8. The van der Waals surface area contributed by atoms with Crippen molar-refractivity contribution in [3.63, 3.8) is 0 Å². The van der Waals surface area contributed by atoms with Crippen LogP contribution >= 0.6 is 0 Å². The molecule has 8 saturated carbocycles. The van der Waals surface area contributed by atoms with Gasteiger partial charge in [0.2, 0.25) is 0 Å². The van der Waals surface area contributed by atoms with Gasteiger partial charge in [0, 0.05) is 116 Å². The molecule has 0 aromatic rings. The summed E-state index contributed by atoms with van der Waals surface area (Å²) in [6.07, 6.45) is -5.72. The molecule has 6 heterocycles. The highest BCUT2D eigenvalue weighted by Gasteiger charge is 2.83. The number of hydrogen-bond donors (Lipinski definition) is 9. The standard InChI is InChI=1S/2C27H40O10.C18H28O7.C18H26O7/c2*1-9-13(3)22(29)34-18-11-17-20(15(18)5)21-27(33,26(8,32)24(31)36-21)19(35-23(30)14(4)10-2)12-25(17,7)37-16(6)28;2*1-8-10(19)6-9-12(8)13-18(22)11(7-16(9,4)21)24-15(2,3)25-17(18,5)14(20)23-13/h2*9,14-15,17-21,32-33H,10-12H2,1-8H3;8-13,19,21-22H,6-7H2,1-5H3;8-9,11-13,21-22H,6-7H2,1-5H3/b2*13-9-;;/t14-,15-,17-,18+,19?,20+,21+,25-,26+,27+;14-,15-,17-,18-,19?,20+,21-,25-,26+,27+;8-,9-,10-,11?,12+,13-,16-,17+,18+;8-,9-,11?,12+,13-,16-,17+,18+/m0000/s1. The first kappa shape index (κ1) is 97.9. The van der Waals surface area contributed by atoms with Crippen molar-refractivity contribution in [2.24, 2.45) is 82.9 Å². The molecule has 6 saturated heterocycles. The summed E-state index contributed by atoms with van der Waals surface area (Å²) < 4.78 is 81.1. The number of aliphatic hydroxyl groups is 9. The summed E-state index contributed by atoms with van der Waals surface area (Å²) in [7, 11) is 0. The van der Waals surface area contributed by atoms with Crippen molar-refractivity contribution in [3.8, 4) is 0 Å². The highest BCUT2D eigenvalue weighted by molar-refractivity contribution is 5.90. The van der Waals surface area contributed by atoms with Crippen LogP contribution in [0.3, 0.4) is 0 Å². The van der Waals surface area contributed by atoms with Gasteiger partial charge in [-0.1, -0.05) is 67.5 Å². The van der Waals surface area contributed by atoms with Gasteiger partial charge in [0.15, 0.2) is 56.4 Å². The van der Waals surface area contributed by atoms with E-state index >= 15 is 0 Å². The molecule has 14 rings (SSSR count). The fraction of sp³-hybridized carbons (Fsp3) is 0.833. The zero-order valence-electron chi connectivity index (χ0n) is 76.4. The molecule has 8 aliphatic carbocycles. The number of Topliss-reactive ketones (excluding diaryl/α,β-unsaturated/α-hetero) is 1. The molecule has 37 atom stereocenters. The number of carbonyl (C=O) groups is 11. The Balaban J connectivity index is 0.000000163. The van der Waals surface area contributed by atoms with E-state index in [1.807, 2.05) is 6.92 Å². The van der Waals surface area contributed by atoms with Crippen LogP contribution in [0.15, 0.2) is 23.3 Å². The maximum atomic E-state index is 12.9. The number of hydrogen-bond acceptors (Lipinski definition) is 34. The van der Waals surface area contributed by atoms with Gasteiger partial charge in [-0.25, -0.2) is 28.8 Å². The van der Waals surface area contributed by atoms with E-state index in [0.717, 1.165) is 13.8 Å². The van der Waals surface area contributed by atoms with E-state index in [2.05, 4.69) is 0 Å². The molecule has 0 bridgehead atoms. The molecule has 124 heavy (non-hydrogen) atoms. The lowest BCUT2D eigenvalue weighted by Crippen LogP contribution is -2.72. The molecule has 34 heteroatoms. The van der Waals surface area contributed by atoms with E-state index in [0.29, 0.717) is 30.4 Å². The summed E-state index contributed by atoms with van der Waals surface area (Å²) in [4.78, 5) is 139. The van der Waals surface area contributed by atoms with Gasteiger partial charge in [0.25, 0.3) is 0 Å². The molecule has 34 nitrogen and oxygen atoms in total. The van der Waals surface area contributed by atoms with Crippen LogP contribution in [0.4, 0.5) is 0 Å². The van der Waals surface area contributed by atoms with Crippen molar-refractivity contribution < 1.29 is 165 Å². The van der Waals surface area contributed by atoms with Gasteiger partial charge in [-0.3, -0.25) is 24.0 Å². The van der Waals surface area contributed by atoms with Crippen LogP contribution in [-0.2, 0) is 119 Å². The van der Waals surface area contributed by atoms with Gasteiger partial charge in [-0.15, -0.1) is 0 Å². The van der Waals surface area contributed by atoms with E-state index in [1.165, 1.54) is 27.7 Å². The van der Waals surface area contributed by atoms with Crippen molar-refractivity contribution in [1.82, 2.24) is 0 Å². The lowest BCUT2D eigenvalue weighted by Gasteiger charge is -2.52. The number of allylic oxidation sites excluding steroid dienone is 2. The SMILES string of the molecule is C/C=C(/C)C(=O)O[C@@H]1C[C@H]2[C@@H]([C@H]1C)[C@H]1OC(=O)[C@@](C)(O)[C@@]1(O)C(OC(=O)[C@@H](C)CC)C[C@]2(C)OC(C)=O.C/C=C(/C)C(=O)O[C@H]1C[C@H]2[C@@H]([C@H]1C)[C@@H]1OC(=O)[C@@](C)(O)[C@@]1(O)C(OC(=O)[C@@H](C)CC)C[C@]2(C)OC(C)=O.C[C@@H]1[C@@H]2[C@H](C[C@@H]1O)[C@@](C)(O)CC1OC(C)(C)O[C@]3(C)C(=O)O[C@@H]2[C@]13O.C[C@H]1C(=O)C[C@H]2[C@@H]1[C@@H]1OC(=O)[C@@]3(C)OC(C)(C)OC(C[C@]2(C)O)[C@@]13O. The maximum absolute atomic E-state index is 12.9. The second-order valence-electron chi connectivity index (χ2n) is 40.7. The fourth-order valence-electron chi connectivity index (χ4n) is 23.8. The second-order valence-corrected chi connectivity index (χ2v) is 40.7. The number of rotatable bonds is 12. The third-order valence-corrected chi connectivity index (χ3v) is 31.8. The summed E-state index contributed by atoms with van der Waals surface area (Å²) in [5.74, 6) is -15.6. The number of fused-ring (bicyclic) bond motifs is 10. The lowest BCUT2D eigenvalue weighted by molar-refractivity contribution is -0.384. The summed E-state index contributed by atoms with van der Waals surface area (Å²) >= 11 is 0. The summed E-state index contributed by atoms with van der Waals surface area (Å²) in [6, 6.07) is 0. The number of ether oxygens (including phenoxy) is 14. The minimum atomic E-state index is -2.42. The molecule has 698 valence electrons. The highest BCUT2D eigenvalue weighted by Crippen LogP contribution is 2.66. The first-order valence-electron chi connectivity index (χ1n) is 43.8. The molecular formula is C90H134O34. The zero-order chi connectivity index (χ0) is 93.3. The number of ketones is 1. The molecule has 14 fully saturated rings. The van der Waals surface area contributed by atoms with Crippen LogP contribution in [0.1, 0.15) is 244 Å². The van der Waals surface area contributed by atoms with Gasteiger partial charge in [-0.05, 0) is 155 Å². The molecule has 0 aromatic carbocycles. The Morgan fingerprint density at radius 3 is 1.12 bits per heavy atom. The third-order valence-electron chi connectivity index (χ3n) is 31.8. The fourth-order valence-corrected chi connectivity index (χ4v) is 23.8. The number of aliphatic hydroxyl groups excluding tert-OH is 1. The first-order chi connectivity index (χ1) is 56.8. The molecule has 0 amide bonds. The molecule has 4 unspecified atom stereocenters. The molecular weight excluding hydrogens is 1620 g/mol. The highest BCUT2D eigenvalue weighted by atomic mass is 16.8. The van der Waals surface area contributed by atoms with Gasteiger partial charge >= 0.3 is 59.7 Å². The molecule has 0 spiro atoms. The van der Waals surface area contributed by atoms with Gasteiger partial charge in [-0.2, -0.15) is 0 Å². The smallest absolute Gasteiger partial charge is 0.341 e. The van der Waals surface area contributed by atoms with Crippen LogP contribution in [0, 0.1) is 82.9 Å². The summed E-state index contributed by atoms with van der Waals surface area (Å²) in [6.45, 7) is 42.2. The summed E-state index contributed by atoms with van der Waals surface area (Å²) in [5.41, 5.74) is -20.3. The number of esters is 10. The van der Waals surface area contributed by atoms with E-state index in [1.54, 1.807) is 144 Å². The van der Waals surface area contributed by atoms with Crippen LogP contribution < -0.4 is 0 Å². The Labute approximate surface area is 723 Å². The van der Waals surface area contributed by atoms with Crippen molar-refractivity contribution >= 4 is 65.5 Å². The summed E-state index contributed by atoms with van der Waals surface area (Å²) in [5, 5.41) is 103. The van der Waals surface area contributed by atoms with Crippen LogP contribution in [0.25, 0.3) is 0 Å². The number of carbonyl (C=O) groups excluding carboxylic acids is 11. The van der Waals surface area contributed by atoms with Gasteiger partial charge in [0.05, 0.1) is 41.3 Å². The predicted octanol–water partition coefficient (Wildman–Crippen LogP) is 5.35. The Hall–Kier alpha value is -6.67. The topological polar surface area (TPSA) is 499 Å². The Morgan fingerprint density at radius 1 is 0.444 bits per heavy atom. The first-order valence-corrected chi connectivity index (χ1v) is 43.8. The van der Waals surface area contributed by atoms with E-state index in [9.17, 15) is 98.7 Å². The maximum Gasteiger partial charge on any atom is 0.341 e. The molecule has 0 aromatic heterocycles. The van der Waals surface area contributed by atoms with Crippen molar-refractivity contribution in [1.29, 1.82) is 0 Å². The quantitative estimate of drug-likeness (QED) is 0.0676. The van der Waals surface area contributed by atoms with Gasteiger partial charge < -0.3 is 112 Å². The van der Waals surface area contributed by atoms with E-state index < -0.39 is 271 Å². The Kier molecular flexibility index (Phi) is 25.9. The minimum absolute atomic E-state index is 0.0138. The molecule has 9 N–H and O–H groups in total. The van der Waals surface area contributed by atoms with E-state index in [-0.39, 0.29) is 68.5 Å².